The summed E-state index contributed by atoms with van der Waals surface area (Å²) in [7, 11) is 0. The molecule has 0 atom stereocenters. The molecule has 132 valence electrons. The normalized spacial score (nSPS) is 11.4. The summed E-state index contributed by atoms with van der Waals surface area (Å²) in [5.41, 5.74) is 0.475. The highest BCUT2D eigenvalue weighted by Crippen LogP contribution is 2.27. The number of fused-ring (bicyclic) bond motifs is 1. The van der Waals surface area contributed by atoms with Crippen molar-refractivity contribution < 1.29 is 14.3 Å². The van der Waals surface area contributed by atoms with Crippen LogP contribution in [0.4, 0.5) is 0 Å². The van der Waals surface area contributed by atoms with Crippen molar-refractivity contribution >= 4 is 34.8 Å². The lowest BCUT2D eigenvalue weighted by atomic mass is 10.2. The Kier molecular flexibility index (Phi) is 4.77. The lowest BCUT2D eigenvalue weighted by molar-refractivity contribution is -0.000591. The van der Waals surface area contributed by atoms with Gasteiger partial charge in [0.2, 0.25) is 0 Å². The summed E-state index contributed by atoms with van der Waals surface area (Å²) in [6.45, 7) is 5.32. The Balaban J connectivity index is 2.13. The molecule has 0 fully saturated rings. The van der Waals surface area contributed by atoms with Crippen LogP contribution in [0.2, 0.25) is 5.15 Å². The zero-order valence-corrected chi connectivity index (χ0v) is 15.3. The molecule has 6 nitrogen and oxygen atoms in total. The summed E-state index contributed by atoms with van der Waals surface area (Å²) in [4.78, 5) is 32.8. The minimum absolute atomic E-state index is 0.138. The van der Waals surface area contributed by atoms with Crippen molar-refractivity contribution in [1.82, 2.24) is 14.5 Å². The Morgan fingerprint density at radius 1 is 1.38 bits per heavy atom. The quantitative estimate of drug-likeness (QED) is 0.518. The van der Waals surface area contributed by atoms with Gasteiger partial charge in [-0.05, 0) is 39.0 Å². The number of hydrogen-bond acceptors (Lipinski definition) is 5. The van der Waals surface area contributed by atoms with Crippen LogP contribution in [-0.2, 0) is 4.74 Å². The maximum atomic E-state index is 12.7. The number of ether oxygens (including phenoxy) is 1. The van der Waals surface area contributed by atoms with Crippen molar-refractivity contribution in [3.8, 4) is 11.4 Å². The van der Waals surface area contributed by atoms with Crippen LogP contribution >= 0.6 is 11.6 Å². The van der Waals surface area contributed by atoms with Gasteiger partial charge in [0, 0.05) is 0 Å². The monoisotopic (exact) mass is 369 g/mol. The maximum Gasteiger partial charge on any atom is 0.258 e. The van der Waals surface area contributed by atoms with E-state index in [2.05, 4.69) is 22.1 Å². The van der Waals surface area contributed by atoms with E-state index in [4.69, 9.17) is 16.3 Å². The van der Waals surface area contributed by atoms with E-state index in [-0.39, 0.29) is 23.1 Å². The van der Waals surface area contributed by atoms with Crippen molar-refractivity contribution in [3.05, 3.63) is 47.2 Å². The molecule has 0 aliphatic carbocycles. The zero-order valence-electron chi connectivity index (χ0n) is 14.5. The highest BCUT2D eigenvalue weighted by Gasteiger charge is 2.22. The van der Waals surface area contributed by atoms with Gasteiger partial charge in [-0.1, -0.05) is 29.8 Å². The number of nitrogens with zero attached hydrogens (tertiary/aromatic N) is 3. The van der Waals surface area contributed by atoms with E-state index >= 15 is 0 Å². The fraction of sp³-hybridized carbons (Fsp3) is 0.263. The molecule has 0 amide bonds. The second-order valence-electron chi connectivity index (χ2n) is 6.60. The topological polar surface area (TPSA) is 74.1 Å². The molecule has 0 spiro atoms. The molecular weight excluding hydrogens is 354 g/mol. The van der Waals surface area contributed by atoms with Gasteiger partial charge in [0.1, 0.15) is 11.8 Å². The van der Waals surface area contributed by atoms with E-state index < -0.39 is 11.5 Å². The summed E-state index contributed by atoms with van der Waals surface area (Å²) in [5.74, 6) is -0.123. The van der Waals surface area contributed by atoms with Crippen LogP contribution < -0.4 is 0 Å². The van der Waals surface area contributed by atoms with Crippen LogP contribution in [0.5, 0.6) is 0 Å². The van der Waals surface area contributed by atoms with Crippen molar-refractivity contribution in [2.75, 3.05) is 6.61 Å². The Labute approximate surface area is 155 Å². The van der Waals surface area contributed by atoms with Crippen LogP contribution in [0.1, 0.15) is 36.1 Å². The van der Waals surface area contributed by atoms with Gasteiger partial charge in [0.05, 0.1) is 22.2 Å². The molecule has 0 saturated carbocycles. The van der Waals surface area contributed by atoms with Gasteiger partial charge in [-0.3, -0.25) is 14.2 Å². The predicted octanol–water partition coefficient (Wildman–Crippen LogP) is 3.62. The largest absolute Gasteiger partial charge is 0.366 e. The summed E-state index contributed by atoms with van der Waals surface area (Å²) in [5, 5.41) is 0.565. The van der Waals surface area contributed by atoms with Gasteiger partial charge in [0.25, 0.3) is 5.91 Å². The predicted molar refractivity (Wildman–Crippen MR) is 97.4 cm³/mol. The smallest absolute Gasteiger partial charge is 0.258 e. The van der Waals surface area contributed by atoms with E-state index in [1.807, 2.05) is 20.8 Å². The summed E-state index contributed by atoms with van der Waals surface area (Å²) >= 11 is 6.26. The van der Waals surface area contributed by atoms with Crippen molar-refractivity contribution in [3.63, 3.8) is 0 Å². The molecule has 0 saturated heterocycles. The van der Waals surface area contributed by atoms with E-state index in [0.29, 0.717) is 23.1 Å². The Morgan fingerprint density at radius 3 is 2.77 bits per heavy atom. The first-order valence-corrected chi connectivity index (χ1v) is 8.28. The highest BCUT2D eigenvalue weighted by atomic mass is 35.5. The van der Waals surface area contributed by atoms with Crippen molar-refractivity contribution in [2.24, 2.45) is 0 Å². The van der Waals surface area contributed by atoms with Crippen LogP contribution in [0.25, 0.3) is 22.4 Å². The third-order valence-electron chi connectivity index (χ3n) is 3.53. The molecule has 26 heavy (non-hydrogen) atoms. The fourth-order valence-corrected chi connectivity index (χ4v) is 2.58. The van der Waals surface area contributed by atoms with E-state index in [1.54, 1.807) is 18.2 Å². The zero-order chi connectivity index (χ0) is 18.9. The van der Waals surface area contributed by atoms with Gasteiger partial charge in [-0.15, -0.1) is 0 Å². The van der Waals surface area contributed by atoms with Gasteiger partial charge in [-0.2, -0.15) is 0 Å². The standard InChI is InChI=1S/C19H16ClN3O3/c1-19(2,3)26-11-15(25)23-13(10-24)9-14-16(20)21-17(22-18(14)23)12-7-5-4-6-8-12/h4-5,7,9-10H,11H2,1-3H3. The Bertz CT molecular complexity index is 975. The first-order valence-electron chi connectivity index (χ1n) is 7.90. The Morgan fingerprint density at radius 2 is 2.15 bits per heavy atom. The molecule has 0 bridgehead atoms. The average molecular weight is 370 g/mol. The van der Waals surface area contributed by atoms with E-state index in [9.17, 15) is 9.59 Å². The van der Waals surface area contributed by atoms with Crippen LogP contribution in [-0.4, -0.2) is 38.9 Å². The highest BCUT2D eigenvalue weighted by molar-refractivity contribution is 6.34. The third kappa shape index (κ3) is 3.59. The number of rotatable bonds is 4. The molecule has 2 aromatic heterocycles. The summed E-state index contributed by atoms with van der Waals surface area (Å²) < 4.78 is 6.74. The van der Waals surface area contributed by atoms with Gasteiger partial charge in [-0.25, -0.2) is 9.97 Å². The Hall–Kier alpha value is -2.75. The van der Waals surface area contributed by atoms with E-state index in [1.165, 1.54) is 10.6 Å². The number of aromatic nitrogens is 3. The molecule has 1 aromatic carbocycles. The number of hydrogen-bond donors (Lipinski definition) is 0. The minimum atomic E-state index is -0.493. The molecule has 0 N–H and O–H groups in total. The van der Waals surface area contributed by atoms with Crippen LogP contribution in [0.3, 0.4) is 0 Å². The summed E-state index contributed by atoms with van der Waals surface area (Å²) in [6, 6.07) is 12.4. The molecule has 0 radical (unpaired) electrons. The molecule has 0 aliphatic heterocycles. The third-order valence-corrected chi connectivity index (χ3v) is 3.82. The van der Waals surface area contributed by atoms with Gasteiger partial charge < -0.3 is 4.74 Å². The van der Waals surface area contributed by atoms with Crippen LogP contribution in [0, 0.1) is 12.1 Å². The number of halogens is 1. The lowest BCUT2D eigenvalue weighted by Crippen LogP contribution is -2.27. The van der Waals surface area contributed by atoms with Gasteiger partial charge >= 0.3 is 0 Å². The number of aldehydes is 1. The molecule has 0 aliphatic rings. The molecule has 3 rings (SSSR count). The van der Waals surface area contributed by atoms with Crippen molar-refractivity contribution in [2.45, 2.75) is 26.4 Å². The fourth-order valence-electron chi connectivity index (χ4n) is 2.36. The van der Waals surface area contributed by atoms with Crippen molar-refractivity contribution in [1.29, 1.82) is 0 Å². The maximum absolute atomic E-state index is 12.7. The number of carbonyl (C=O) groups is 2. The first-order chi connectivity index (χ1) is 12.3. The molecule has 0 unspecified atom stereocenters. The minimum Gasteiger partial charge on any atom is -0.366 e. The molecular formula is C19H16ClN3O3. The second-order valence-corrected chi connectivity index (χ2v) is 6.96. The molecule has 2 heterocycles. The SMILES string of the molecule is CC(C)(C)OCC(=O)n1c(C=O)cc2c(Cl)nc(-c3c#cccc3)nc21. The number of carbonyl (C=O) groups excluding carboxylic acids is 2. The van der Waals surface area contributed by atoms with E-state index in [0.717, 1.165) is 0 Å². The first kappa shape index (κ1) is 18.1. The molecule has 3 aromatic rings. The molecule has 7 heteroatoms. The second kappa shape index (κ2) is 6.87. The average Bonchev–Trinajstić information content (AvgIpc) is 2.99. The van der Waals surface area contributed by atoms with Crippen LogP contribution in [0.15, 0.2) is 24.3 Å². The van der Waals surface area contributed by atoms with Gasteiger partial charge in [0.15, 0.2) is 17.8 Å². The summed E-state index contributed by atoms with van der Waals surface area (Å²) in [6.07, 6.45) is 0.578. The lowest BCUT2D eigenvalue weighted by Gasteiger charge is -2.19.